The van der Waals surface area contributed by atoms with Crippen LogP contribution in [0, 0.1) is 5.92 Å². The molecule has 0 aliphatic rings. The number of aldehydes is 1. The van der Waals surface area contributed by atoms with Crippen LogP contribution in [-0.4, -0.2) is 17.5 Å². The Morgan fingerprint density at radius 1 is 1.70 bits per heavy atom. The molecule has 1 unspecified atom stereocenters. The zero-order valence-corrected chi connectivity index (χ0v) is 6.50. The first kappa shape index (κ1) is 9.37. The van der Waals surface area contributed by atoms with Crippen molar-refractivity contribution < 1.29 is 9.90 Å². The monoisotopic (exact) mass is 142 g/mol. The second-order valence-corrected chi connectivity index (χ2v) is 2.65. The van der Waals surface area contributed by atoms with Crippen molar-refractivity contribution >= 4 is 6.29 Å². The maximum atomic E-state index is 9.94. The molecule has 0 amide bonds. The van der Waals surface area contributed by atoms with E-state index >= 15 is 0 Å². The number of rotatable bonds is 4. The van der Waals surface area contributed by atoms with Crippen LogP contribution in [0.4, 0.5) is 0 Å². The molecule has 10 heavy (non-hydrogen) atoms. The molecule has 2 heteroatoms. The maximum Gasteiger partial charge on any atom is 0.122 e. The van der Waals surface area contributed by atoms with Crippen molar-refractivity contribution in [3.63, 3.8) is 0 Å². The standard InChI is InChI=1S/C8H14O2/c1-6(2)7(3)8(10)4-5-9/h5-6,8,10H,3-4H2,1-2H3. The van der Waals surface area contributed by atoms with Gasteiger partial charge in [-0.15, -0.1) is 0 Å². The summed E-state index contributed by atoms with van der Waals surface area (Å²) in [4.78, 5) is 9.94. The topological polar surface area (TPSA) is 37.3 Å². The molecule has 0 rings (SSSR count). The molecule has 1 N–H and O–H groups in total. The third-order valence-electron chi connectivity index (χ3n) is 1.49. The van der Waals surface area contributed by atoms with Gasteiger partial charge >= 0.3 is 0 Å². The van der Waals surface area contributed by atoms with E-state index in [2.05, 4.69) is 6.58 Å². The van der Waals surface area contributed by atoms with E-state index in [-0.39, 0.29) is 12.3 Å². The highest BCUT2D eigenvalue weighted by atomic mass is 16.3. The lowest BCUT2D eigenvalue weighted by atomic mass is 9.98. The smallest absolute Gasteiger partial charge is 0.122 e. The number of aliphatic hydroxyl groups is 1. The van der Waals surface area contributed by atoms with Gasteiger partial charge in [0.1, 0.15) is 6.29 Å². The first-order valence-electron chi connectivity index (χ1n) is 3.40. The highest BCUT2D eigenvalue weighted by molar-refractivity contribution is 5.51. The molecule has 1 atom stereocenters. The van der Waals surface area contributed by atoms with Crippen molar-refractivity contribution in [3.8, 4) is 0 Å². The zero-order valence-electron chi connectivity index (χ0n) is 6.50. The number of hydrogen-bond donors (Lipinski definition) is 1. The van der Waals surface area contributed by atoms with Crippen LogP contribution < -0.4 is 0 Å². The summed E-state index contributed by atoms with van der Waals surface area (Å²) in [7, 11) is 0. The molecule has 0 heterocycles. The quantitative estimate of drug-likeness (QED) is 0.472. The molecule has 0 saturated heterocycles. The van der Waals surface area contributed by atoms with Crippen LogP contribution in [0.5, 0.6) is 0 Å². The summed E-state index contributed by atoms with van der Waals surface area (Å²) >= 11 is 0. The van der Waals surface area contributed by atoms with E-state index in [0.717, 1.165) is 5.57 Å². The van der Waals surface area contributed by atoms with Gasteiger partial charge < -0.3 is 9.90 Å². The third kappa shape index (κ3) is 2.78. The highest BCUT2D eigenvalue weighted by Gasteiger charge is 2.10. The normalized spacial score (nSPS) is 13.2. The maximum absolute atomic E-state index is 9.94. The first-order valence-corrected chi connectivity index (χ1v) is 3.40. The average Bonchev–Trinajstić information content (AvgIpc) is 1.87. The Labute approximate surface area is 61.6 Å². The molecule has 0 radical (unpaired) electrons. The fourth-order valence-corrected chi connectivity index (χ4v) is 0.627. The minimum Gasteiger partial charge on any atom is -0.388 e. The molecule has 0 aromatic heterocycles. The average molecular weight is 142 g/mol. The van der Waals surface area contributed by atoms with Crippen molar-refractivity contribution in [2.45, 2.75) is 26.4 Å². The van der Waals surface area contributed by atoms with E-state index in [1.165, 1.54) is 0 Å². The molecule has 0 bridgehead atoms. The molecule has 0 aliphatic heterocycles. The van der Waals surface area contributed by atoms with Gasteiger partial charge in [-0.1, -0.05) is 20.4 Å². The molecule has 58 valence electrons. The van der Waals surface area contributed by atoms with Crippen LogP contribution in [-0.2, 0) is 4.79 Å². The van der Waals surface area contributed by atoms with Crippen LogP contribution in [0.3, 0.4) is 0 Å². The van der Waals surface area contributed by atoms with Crippen molar-refractivity contribution in [2.75, 3.05) is 0 Å². The molecule has 0 aliphatic carbocycles. The van der Waals surface area contributed by atoms with Crippen molar-refractivity contribution in [1.82, 2.24) is 0 Å². The first-order chi connectivity index (χ1) is 4.59. The van der Waals surface area contributed by atoms with Gasteiger partial charge in [0.25, 0.3) is 0 Å². The highest BCUT2D eigenvalue weighted by Crippen LogP contribution is 2.12. The molecule has 0 aromatic rings. The van der Waals surface area contributed by atoms with E-state index in [1.807, 2.05) is 13.8 Å². The summed E-state index contributed by atoms with van der Waals surface area (Å²) in [5.41, 5.74) is 0.729. The van der Waals surface area contributed by atoms with Crippen molar-refractivity contribution in [3.05, 3.63) is 12.2 Å². The summed E-state index contributed by atoms with van der Waals surface area (Å²) in [6.45, 7) is 7.55. The fourth-order valence-electron chi connectivity index (χ4n) is 0.627. The van der Waals surface area contributed by atoms with Gasteiger partial charge in [0.15, 0.2) is 0 Å². The van der Waals surface area contributed by atoms with Gasteiger partial charge in [-0.2, -0.15) is 0 Å². The molecule has 2 nitrogen and oxygen atoms in total. The SMILES string of the molecule is C=C(C(C)C)C(O)CC=O. The van der Waals surface area contributed by atoms with Gasteiger partial charge in [-0.25, -0.2) is 0 Å². The van der Waals surface area contributed by atoms with E-state index in [9.17, 15) is 4.79 Å². The molecular formula is C8H14O2. The lowest BCUT2D eigenvalue weighted by Crippen LogP contribution is -2.13. The molecule has 0 spiro atoms. The van der Waals surface area contributed by atoms with E-state index in [1.54, 1.807) is 0 Å². The van der Waals surface area contributed by atoms with Crippen LogP contribution in [0.1, 0.15) is 20.3 Å². The van der Waals surface area contributed by atoms with Gasteiger partial charge in [-0.3, -0.25) is 0 Å². The minimum atomic E-state index is -0.655. The Balaban J connectivity index is 3.81. The predicted molar refractivity (Wildman–Crippen MR) is 40.7 cm³/mol. The molecular weight excluding hydrogens is 128 g/mol. The second-order valence-electron chi connectivity index (χ2n) is 2.65. The number of carbonyl (C=O) groups excluding carboxylic acids is 1. The Morgan fingerprint density at radius 2 is 2.20 bits per heavy atom. The van der Waals surface area contributed by atoms with Crippen LogP contribution in [0.25, 0.3) is 0 Å². The Bertz CT molecular complexity index is 127. The molecule has 0 aromatic carbocycles. The number of hydrogen-bond acceptors (Lipinski definition) is 2. The van der Waals surface area contributed by atoms with Crippen LogP contribution in [0.15, 0.2) is 12.2 Å². The summed E-state index contributed by atoms with van der Waals surface area (Å²) in [6, 6.07) is 0. The van der Waals surface area contributed by atoms with E-state index < -0.39 is 6.10 Å². The fraction of sp³-hybridized carbons (Fsp3) is 0.625. The number of aliphatic hydroxyl groups excluding tert-OH is 1. The second kappa shape index (κ2) is 4.23. The lowest BCUT2D eigenvalue weighted by Gasteiger charge is -2.13. The van der Waals surface area contributed by atoms with Crippen molar-refractivity contribution in [1.29, 1.82) is 0 Å². The van der Waals surface area contributed by atoms with E-state index in [4.69, 9.17) is 5.11 Å². The summed E-state index contributed by atoms with van der Waals surface area (Å²) < 4.78 is 0. The minimum absolute atomic E-state index is 0.164. The summed E-state index contributed by atoms with van der Waals surface area (Å²) in [5, 5.41) is 9.16. The lowest BCUT2D eigenvalue weighted by molar-refractivity contribution is -0.109. The largest absolute Gasteiger partial charge is 0.388 e. The van der Waals surface area contributed by atoms with Gasteiger partial charge in [-0.05, 0) is 11.5 Å². The van der Waals surface area contributed by atoms with Gasteiger partial charge in [0, 0.05) is 6.42 Å². The van der Waals surface area contributed by atoms with Gasteiger partial charge in [0.2, 0.25) is 0 Å². The molecule has 0 fully saturated rings. The van der Waals surface area contributed by atoms with Gasteiger partial charge in [0.05, 0.1) is 6.10 Å². The Morgan fingerprint density at radius 3 is 2.50 bits per heavy atom. The third-order valence-corrected chi connectivity index (χ3v) is 1.49. The Hall–Kier alpha value is -0.630. The number of carbonyl (C=O) groups is 1. The molecule has 0 saturated carbocycles. The van der Waals surface area contributed by atoms with E-state index in [0.29, 0.717) is 6.29 Å². The Kier molecular flexibility index (Phi) is 3.96. The summed E-state index contributed by atoms with van der Waals surface area (Å²) in [6.07, 6.45) is 0.215. The zero-order chi connectivity index (χ0) is 8.15. The van der Waals surface area contributed by atoms with Crippen LogP contribution in [0.2, 0.25) is 0 Å². The predicted octanol–water partition coefficient (Wildman–Crippen LogP) is 1.15. The van der Waals surface area contributed by atoms with Crippen LogP contribution >= 0.6 is 0 Å². The van der Waals surface area contributed by atoms with Crippen molar-refractivity contribution in [2.24, 2.45) is 5.92 Å². The summed E-state index contributed by atoms with van der Waals surface area (Å²) in [5.74, 6) is 0.245.